The number of hydrogen-bond acceptors (Lipinski definition) is 8. The van der Waals surface area contributed by atoms with E-state index in [1.54, 1.807) is 12.1 Å². The van der Waals surface area contributed by atoms with Crippen LogP contribution in [0.4, 0.5) is 20.3 Å². The van der Waals surface area contributed by atoms with E-state index < -0.39 is 11.6 Å². The van der Waals surface area contributed by atoms with Crippen molar-refractivity contribution in [1.82, 2.24) is 16.1 Å². The number of phenolic OH excluding ortho intramolecular Hbond substituents is 1. The Morgan fingerprint density at radius 2 is 1.97 bits per heavy atom. The van der Waals surface area contributed by atoms with Gasteiger partial charge in [0.05, 0.1) is 12.7 Å². The third kappa shape index (κ3) is 3.25. The van der Waals surface area contributed by atoms with E-state index in [1.165, 1.54) is 42.6 Å². The van der Waals surface area contributed by atoms with Gasteiger partial charge in [-0.2, -0.15) is 0 Å². The molecule has 2 aromatic carbocycles. The molecule has 29 heavy (non-hydrogen) atoms. The van der Waals surface area contributed by atoms with Crippen molar-refractivity contribution in [1.29, 1.82) is 0 Å². The Morgan fingerprint density at radius 3 is 2.76 bits per heavy atom. The van der Waals surface area contributed by atoms with E-state index in [4.69, 9.17) is 10.5 Å². The van der Waals surface area contributed by atoms with Gasteiger partial charge in [-0.1, -0.05) is 6.07 Å². The molecule has 5 N–H and O–H groups in total. The fraction of sp³-hybridized carbons (Fsp3) is 0.0526. The molecule has 0 bridgehead atoms. The molecule has 1 aromatic heterocycles. The van der Waals surface area contributed by atoms with Crippen molar-refractivity contribution in [2.75, 3.05) is 17.9 Å². The van der Waals surface area contributed by atoms with Gasteiger partial charge in [0.1, 0.15) is 23.0 Å². The molecule has 0 unspecified atom stereocenters. The van der Waals surface area contributed by atoms with Crippen LogP contribution in [0.1, 0.15) is 5.56 Å². The Kier molecular flexibility index (Phi) is 4.61. The summed E-state index contributed by atoms with van der Waals surface area (Å²) in [4.78, 5) is 4.19. The Balaban J connectivity index is 1.79. The van der Waals surface area contributed by atoms with Crippen molar-refractivity contribution in [3.8, 4) is 22.6 Å². The van der Waals surface area contributed by atoms with Gasteiger partial charge in [-0.3, -0.25) is 0 Å². The van der Waals surface area contributed by atoms with E-state index in [0.717, 1.165) is 6.07 Å². The van der Waals surface area contributed by atoms with Crippen molar-refractivity contribution >= 4 is 17.3 Å². The number of methoxy groups -OCH3 is 1. The van der Waals surface area contributed by atoms with Crippen LogP contribution in [0.25, 0.3) is 11.1 Å². The van der Waals surface area contributed by atoms with Gasteiger partial charge in [-0.15, -0.1) is 10.6 Å². The number of hydrazine groups is 2. The minimum atomic E-state index is -1.04. The van der Waals surface area contributed by atoms with Crippen LogP contribution in [0.3, 0.4) is 0 Å². The van der Waals surface area contributed by atoms with Crippen molar-refractivity contribution < 1.29 is 18.6 Å². The first-order valence-electron chi connectivity index (χ1n) is 8.45. The van der Waals surface area contributed by atoms with Gasteiger partial charge in [0.15, 0.2) is 17.5 Å². The molecule has 0 fully saturated rings. The zero-order valence-corrected chi connectivity index (χ0v) is 15.1. The number of aromatic nitrogens is 1. The molecular weight excluding hydrogens is 382 g/mol. The first kappa shape index (κ1) is 18.4. The minimum Gasteiger partial charge on any atom is -0.508 e. The number of anilines is 2. The van der Waals surface area contributed by atoms with Crippen molar-refractivity contribution in [2.24, 2.45) is 5.10 Å². The summed E-state index contributed by atoms with van der Waals surface area (Å²) in [6.07, 6.45) is 1.54. The van der Waals surface area contributed by atoms with Crippen LogP contribution in [0.2, 0.25) is 0 Å². The Morgan fingerprint density at radius 1 is 1.14 bits per heavy atom. The smallest absolute Gasteiger partial charge is 0.184 e. The second-order valence-electron chi connectivity index (χ2n) is 6.11. The molecule has 0 radical (unpaired) electrons. The lowest BCUT2D eigenvalue weighted by atomic mass is 10.0. The highest BCUT2D eigenvalue weighted by molar-refractivity contribution is 6.13. The summed E-state index contributed by atoms with van der Waals surface area (Å²) in [5, 5.41) is 15.0. The van der Waals surface area contributed by atoms with Gasteiger partial charge in [0, 0.05) is 23.4 Å². The third-order valence-corrected chi connectivity index (χ3v) is 4.36. The second-order valence-corrected chi connectivity index (χ2v) is 6.11. The number of nitrogens with two attached hydrogens (primary N) is 1. The molecule has 0 amide bonds. The van der Waals surface area contributed by atoms with Gasteiger partial charge in [0.2, 0.25) is 0 Å². The number of nitrogen functional groups attached to an aromatic ring is 1. The first-order valence-corrected chi connectivity index (χ1v) is 8.45. The average molecular weight is 398 g/mol. The van der Waals surface area contributed by atoms with Crippen LogP contribution in [-0.2, 0) is 0 Å². The summed E-state index contributed by atoms with van der Waals surface area (Å²) in [5.41, 5.74) is 12.8. The number of hydrazone groups is 1. The molecule has 0 saturated carbocycles. The summed E-state index contributed by atoms with van der Waals surface area (Å²) in [5.74, 6) is -1.23. The number of hydrogen-bond donors (Lipinski definition) is 4. The second kappa shape index (κ2) is 7.24. The fourth-order valence-electron chi connectivity index (χ4n) is 2.97. The topological polar surface area (TPSA) is 108 Å². The summed E-state index contributed by atoms with van der Waals surface area (Å²) >= 11 is 0. The Bertz CT molecular complexity index is 1120. The highest BCUT2D eigenvalue weighted by Gasteiger charge is 2.27. The fourth-order valence-corrected chi connectivity index (χ4v) is 2.97. The average Bonchev–Trinajstić information content (AvgIpc) is 3.20. The molecule has 8 nitrogen and oxygen atoms in total. The monoisotopic (exact) mass is 398 g/mol. The molecule has 2 heterocycles. The van der Waals surface area contributed by atoms with Gasteiger partial charge < -0.3 is 15.6 Å². The first-order chi connectivity index (χ1) is 14.0. The molecule has 1 aliphatic rings. The van der Waals surface area contributed by atoms with Crippen LogP contribution in [0, 0.1) is 11.6 Å². The summed E-state index contributed by atoms with van der Waals surface area (Å²) in [6, 6.07) is 10.1. The predicted octanol–water partition coefficient (Wildman–Crippen LogP) is 2.51. The molecule has 1 aliphatic heterocycles. The number of rotatable bonds is 4. The van der Waals surface area contributed by atoms with E-state index in [9.17, 15) is 13.9 Å². The molecule has 148 valence electrons. The molecule has 10 heteroatoms. The maximum Gasteiger partial charge on any atom is 0.184 e. The van der Waals surface area contributed by atoms with Gasteiger partial charge in [-0.25, -0.2) is 24.3 Å². The largest absolute Gasteiger partial charge is 0.508 e. The molecule has 0 aliphatic carbocycles. The number of halogens is 2. The maximum atomic E-state index is 14.3. The van der Waals surface area contributed by atoms with Crippen LogP contribution in [-0.4, -0.2) is 23.0 Å². The number of nitrogens with one attached hydrogen (secondary N) is 2. The van der Waals surface area contributed by atoms with Crippen molar-refractivity contribution in [2.45, 2.75) is 0 Å². The standard InChI is InChI=1S/C19H16F2N6O2/c1-29-16-8-11(28)5-6-12(16)10-7-13(18(22)23-9-10)19-24-25-26-27(19)15-4-2-3-14(20)17(15)21/h2-9,25-26,28H,1H3,(H2,22,23). The molecule has 3 aromatic rings. The van der Waals surface area contributed by atoms with Gasteiger partial charge in [-0.05, 0) is 30.3 Å². The number of benzene rings is 2. The van der Waals surface area contributed by atoms with Gasteiger partial charge in [0.25, 0.3) is 0 Å². The van der Waals surface area contributed by atoms with Crippen LogP contribution >= 0.6 is 0 Å². The zero-order valence-electron chi connectivity index (χ0n) is 15.1. The highest BCUT2D eigenvalue weighted by atomic mass is 19.2. The van der Waals surface area contributed by atoms with Gasteiger partial charge >= 0.3 is 0 Å². The molecule has 0 spiro atoms. The molecule has 0 atom stereocenters. The lowest BCUT2D eigenvalue weighted by Crippen LogP contribution is -2.42. The van der Waals surface area contributed by atoms with Crippen LogP contribution < -0.4 is 26.5 Å². The number of aromatic hydroxyl groups is 1. The number of nitrogens with zero attached hydrogens (tertiary/aromatic N) is 3. The highest BCUT2D eigenvalue weighted by Crippen LogP contribution is 2.34. The van der Waals surface area contributed by atoms with E-state index in [1.807, 2.05) is 0 Å². The van der Waals surface area contributed by atoms with E-state index in [-0.39, 0.29) is 23.1 Å². The van der Waals surface area contributed by atoms with Crippen LogP contribution in [0.15, 0.2) is 53.8 Å². The van der Waals surface area contributed by atoms with Crippen molar-refractivity contribution in [3.63, 3.8) is 0 Å². The summed E-state index contributed by atoms with van der Waals surface area (Å²) in [6.45, 7) is 0. The molecule has 4 rings (SSSR count). The van der Waals surface area contributed by atoms with E-state index >= 15 is 0 Å². The quantitative estimate of drug-likeness (QED) is 0.535. The lowest BCUT2D eigenvalue weighted by Gasteiger charge is -2.20. The maximum absolute atomic E-state index is 14.3. The predicted molar refractivity (Wildman–Crippen MR) is 104 cm³/mol. The number of amidine groups is 1. The molecule has 0 saturated heterocycles. The van der Waals surface area contributed by atoms with Crippen molar-refractivity contribution in [3.05, 3.63) is 65.9 Å². The number of phenols is 1. The third-order valence-electron chi connectivity index (χ3n) is 4.36. The summed E-state index contributed by atoms with van der Waals surface area (Å²) in [7, 11) is 1.48. The SMILES string of the molecule is COc1cc(O)ccc1-c1cnc(N)c(C2=NNNN2c2cccc(F)c2F)c1. The Hall–Kier alpha value is -3.92. The lowest BCUT2D eigenvalue weighted by molar-refractivity contribution is 0.409. The number of pyridine rings is 1. The summed E-state index contributed by atoms with van der Waals surface area (Å²) < 4.78 is 33.3. The van der Waals surface area contributed by atoms with Crippen LogP contribution in [0.5, 0.6) is 11.5 Å². The van der Waals surface area contributed by atoms with E-state index in [0.29, 0.717) is 22.4 Å². The number of ether oxygens (including phenoxy) is 1. The van der Waals surface area contributed by atoms with E-state index in [2.05, 4.69) is 21.2 Å². The zero-order chi connectivity index (χ0) is 20.5. The normalized spacial score (nSPS) is 13.2. The Labute approximate surface area is 164 Å². The molecular formula is C19H16F2N6O2. The minimum absolute atomic E-state index is 0.0514.